The van der Waals surface area contributed by atoms with Crippen molar-refractivity contribution in [1.29, 1.82) is 0 Å². The van der Waals surface area contributed by atoms with Crippen LogP contribution in [-0.4, -0.2) is 17.9 Å². The highest BCUT2D eigenvalue weighted by Crippen LogP contribution is 2.12. The normalized spacial score (nSPS) is 17.2. The Balaban J connectivity index is 0.000000741. The topological polar surface area (TPSA) is 58.2 Å². The number of carbonyl (C=O) groups excluding carboxylic acids is 2. The van der Waals surface area contributed by atoms with Crippen molar-refractivity contribution < 1.29 is 9.59 Å². The SMILES string of the molecule is CC.CC.O=C1CCC(Nc2ccccc2)C(=O)N1. The Morgan fingerprint density at radius 2 is 1.63 bits per heavy atom. The summed E-state index contributed by atoms with van der Waals surface area (Å²) in [6.45, 7) is 8.00. The van der Waals surface area contributed by atoms with Gasteiger partial charge in [-0.15, -0.1) is 0 Å². The molecule has 1 atom stereocenters. The van der Waals surface area contributed by atoms with Gasteiger partial charge < -0.3 is 5.32 Å². The number of piperidine rings is 1. The molecule has 1 fully saturated rings. The first-order valence-corrected chi connectivity index (χ1v) is 6.91. The zero-order valence-electron chi connectivity index (χ0n) is 12.2. The molecule has 1 aliphatic heterocycles. The van der Waals surface area contributed by atoms with Crippen LogP contribution in [0.4, 0.5) is 5.69 Å². The number of nitrogens with one attached hydrogen (secondary N) is 2. The van der Waals surface area contributed by atoms with E-state index in [1.807, 2.05) is 58.0 Å². The van der Waals surface area contributed by atoms with Gasteiger partial charge >= 0.3 is 0 Å². The molecule has 2 N–H and O–H groups in total. The Hall–Kier alpha value is -1.84. The maximum atomic E-state index is 11.4. The average Bonchev–Trinajstić information content (AvgIpc) is 2.47. The number of imide groups is 1. The first-order chi connectivity index (χ1) is 9.25. The van der Waals surface area contributed by atoms with E-state index in [1.165, 1.54) is 0 Å². The lowest BCUT2D eigenvalue weighted by molar-refractivity contribution is -0.133. The first-order valence-electron chi connectivity index (χ1n) is 6.91. The van der Waals surface area contributed by atoms with Gasteiger partial charge in [-0.05, 0) is 18.6 Å². The van der Waals surface area contributed by atoms with Gasteiger partial charge in [0.05, 0.1) is 0 Å². The summed E-state index contributed by atoms with van der Waals surface area (Å²) >= 11 is 0. The predicted molar refractivity (Wildman–Crippen MR) is 78.9 cm³/mol. The molecule has 0 saturated carbocycles. The molecule has 0 aliphatic carbocycles. The van der Waals surface area contributed by atoms with Gasteiger partial charge in [-0.1, -0.05) is 45.9 Å². The maximum Gasteiger partial charge on any atom is 0.249 e. The fourth-order valence-corrected chi connectivity index (χ4v) is 1.57. The minimum atomic E-state index is -0.301. The van der Waals surface area contributed by atoms with E-state index in [9.17, 15) is 9.59 Å². The smallest absolute Gasteiger partial charge is 0.249 e. The van der Waals surface area contributed by atoms with Crippen LogP contribution in [0, 0.1) is 0 Å². The van der Waals surface area contributed by atoms with Crippen LogP contribution < -0.4 is 10.6 Å². The van der Waals surface area contributed by atoms with E-state index in [2.05, 4.69) is 10.6 Å². The van der Waals surface area contributed by atoms with Crippen LogP contribution in [0.1, 0.15) is 40.5 Å². The van der Waals surface area contributed by atoms with Gasteiger partial charge in [-0.25, -0.2) is 0 Å². The van der Waals surface area contributed by atoms with Crippen LogP contribution in [0.5, 0.6) is 0 Å². The number of hydrogen-bond donors (Lipinski definition) is 2. The molecule has 1 unspecified atom stereocenters. The van der Waals surface area contributed by atoms with Crippen LogP contribution in [0.15, 0.2) is 30.3 Å². The van der Waals surface area contributed by atoms with Crippen molar-refractivity contribution in [2.24, 2.45) is 0 Å². The third-order valence-electron chi connectivity index (χ3n) is 2.35. The second kappa shape index (κ2) is 10.1. The Bertz CT molecular complexity index is 377. The summed E-state index contributed by atoms with van der Waals surface area (Å²) in [7, 11) is 0. The average molecular weight is 264 g/mol. The van der Waals surface area contributed by atoms with E-state index in [0.29, 0.717) is 12.8 Å². The van der Waals surface area contributed by atoms with E-state index in [-0.39, 0.29) is 17.9 Å². The highest BCUT2D eigenvalue weighted by molar-refractivity contribution is 6.01. The molecule has 4 nitrogen and oxygen atoms in total. The molecule has 1 aliphatic rings. The van der Waals surface area contributed by atoms with Crippen molar-refractivity contribution in [3.05, 3.63) is 30.3 Å². The summed E-state index contributed by atoms with van der Waals surface area (Å²) in [5.74, 6) is -0.429. The Morgan fingerprint density at radius 3 is 2.16 bits per heavy atom. The lowest BCUT2D eigenvalue weighted by Crippen LogP contribution is -2.47. The standard InChI is InChI=1S/C11H12N2O2.2C2H6/c14-10-7-6-9(11(15)13-10)12-8-4-2-1-3-5-8;2*1-2/h1-5,9,12H,6-7H2,(H,13,14,15);2*1-2H3. The van der Waals surface area contributed by atoms with Gasteiger partial charge in [0.1, 0.15) is 6.04 Å². The number of rotatable bonds is 2. The molecule has 1 saturated heterocycles. The predicted octanol–water partition coefficient (Wildman–Crippen LogP) is 2.96. The lowest BCUT2D eigenvalue weighted by Gasteiger charge is -2.22. The number of para-hydroxylation sites is 1. The molecule has 2 rings (SSSR count). The molecular formula is C15H24N2O2. The zero-order valence-corrected chi connectivity index (χ0v) is 12.2. The fraction of sp³-hybridized carbons (Fsp3) is 0.467. The number of anilines is 1. The largest absolute Gasteiger partial charge is 0.374 e. The maximum absolute atomic E-state index is 11.4. The molecule has 106 valence electrons. The molecule has 4 heteroatoms. The monoisotopic (exact) mass is 264 g/mol. The van der Waals surface area contributed by atoms with Crippen molar-refractivity contribution >= 4 is 17.5 Å². The molecule has 1 heterocycles. The van der Waals surface area contributed by atoms with E-state index >= 15 is 0 Å². The highest BCUT2D eigenvalue weighted by atomic mass is 16.2. The van der Waals surface area contributed by atoms with Crippen molar-refractivity contribution in [3.63, 3.8) is 0 Å². The molecule has 0 radical (unpaired) electrons. The summed E-state index contributed by atoms with van der Waals surface area (Å²) in [6, 6.07) is 9.19. The summed E-state index contributed by atoms with van der Waals surface area (Å²) in [6.07, 6.45) is 0.954. The minimum Gasteiger partial charge on any atom is -0.374 e. The fourth-order valence-electron chi connectivity index (χ4n) is 1.57. The summed E-state index contributed by atoms with van der Waals surface area (Å²) in [4.78, 5) is 22.3. The lowest BCUT2D eigenvalue weighted by atomic mass is 10.1. The molecule has 2 amide bonds. The van der Waals surface area contributed by atoms with Gasteiger partial charge in [-0.3, -0.25) is 14.9 Å². The summed E-state index contributed by atoms with van der Waals surface area (Å²) < 4.78 is 0. The minimum absolute atomic E-state index is 0.189. The van der Waals surface area contributed by atoms with Crippen LogP contribution >= 0.6 is 0 Å². The van der Waals surface area contributed by atoms with Gasteiger partial charge in [0, 0.05) is 12.1 Å². The molecule has 1 aromatic rings. The first kappa shape index (κ1) is 17.2. The molecule has 19 heavy (non-hydrogen) atoms. The van der Waals surface area contributed by atoms with Crippen molar-refractivity contribution in [3.8, 4) is 0 Å². The number of carbonyl (C=O) groups is 2. The number of amides is 2. The van der Waals surface area contributed by atoms with Crippen LogP contribution in [-0.2, 0) is 9.59 Å². The quantitative estimate of drug-likeness (QED) is 0.807. The van der Waals surface area contributed by atoms with E-state index in [1.54, 1.807) is 0 Å². The molecular weight excluding hydrogens is 240 g/mol. The van der Waals surface area contributed by atoms with Gasteiger partial charge in [0.25, 0.3) is 0 Å². The van der Waals surface area contributed by atoms with E-state index < -0.39 is 0 Å². The van der Waals surface area contributed by atoms with Crippen molar-refractivity contribution in [2.75, 3.05) is 5.32 Å². The van der Waals surface area contributed by atoms with Crippen LogP contribution in [0.2, 0.25) is 0 Å². The Labute approximate surface area is 115 Å². The third-order valence-corrected chi connectivity index (χ3v) is 2.35. The molecule has 0 aromatic heterocycles. The summed E-state index contributed by atoms with van der Waals surface area (Å²) in [5, 5.41) is 5.40. The van der Waals surface area contributed by atoms with Gasteiger partial charge in [-0.2, -0.15) is 0 Å². The second-order valence-corrected chi connectivity index (χ2v) is 3.51. The van der Waals surface area contributed by atoms with E-state index in [4.69, 9.17) is 0 Å². The molecule has 0 bridgehead atoms. The van der Waals surface area contributed by atoms with Crippen LogP contribution in [0.3, 0.4) is 0 Å². The number of hydrogen-bond acceptors (Lipinski definition) is 3. The zero-order chi connectivity index (χ0) is 14.7. The van der Waals surface area contributed by atoms with Crippen molar-refractivity contribution in [1.82, 2.24) is 5.32 Å². The Morgan fingerprint density at radius 1 is 1.05 bits per heavy atom. The summed E-state index contributed by atoms with van der Waals surface area (Å²) in [5.41, 5.74) is 0.895. The second-order valence-electron chi connectivity index (χ2n) is 3.51. The van der Waals surface area contributed by atoms with Crippen molar-refractivity contribution in [2.45, 2.75) is 46.6 Å². The van der Waals surface area contributed by atoms with Crippen LogP contribution in [0.25, 0.3) is 0 Å². The van der Waals surface area contributed by atoms with Gasteiger partial charge in [0.15, 0.2) is 0 Å². The van der Waals surface area contributed by atoms with Gasteiger partial charge in [0.2, 0.25) is 11.8 Å². The van der Waals surface area contributed by atoms with E-state index in [0.717, 1.165) is 5.69 Å². The highest BCUT2D eigenvalue weighted by Gasteiger charge is 2.25. The molecule has 1 aromatic carbocycles. The molecule has 0 spiro atoms. The Kier molecular flexibility index (Phi) is 9.14. The third kappa shape index (κ3) is 6.04. The number of benzene rings is 1.